The van der Waals surface area contributed by atoms with Crippen molar-refractivity contribution in [2.75, 3.05) is 0 Å². The number of fused-ring (bicyclic) bond motifs is 8. The first-order valence-electron chi connectivity index (χ1n) is 11.5. The van der Waals surface area contributed by atoms with Crippen LogP contribution in [0.5, 0.6) is 0 Å². The molecule has 0 heteroatoms. The van der Waals surface area contributed by atoms with Crippen molar-refractivity contribution in [3.63, 3.8) is 0 Å². The number of rotatable bonds is 0. The molecule has 0 spiro atoms. The molecule has 8 unspecified atom stereocenters. The quantitative estimate of drug-likeness (QED) is 0.398. The molecule has 5 aliphatic carbocycles. The standard InChI is InChI=1S/C29H38/c1-21-14-13-15-22-20-27(6)25(4)18-10-9-16-23(25,2)24(3)17-11-12-19-26(24,5)29(27,8)28(21,22)7/h9-19,21H,20H2,1-8H3. The highest BCUT2D eigenvalue weighted by Gasteiger charge is 2.84. The van der Waals surface area contributed by atoms with E-state index in [1.165, 1.54) is 6.42 Å². The van der Waals surface area contributed by atoms with Gasteiger partial charge in [0.25, 0.3) is 0 Å². The highest BCUT2D eigenvalue weighted by Crippen LogP contribution is 2.89. The Bertz CT molecular complexity index is 970. The summed E-state index contributed by atoms with van der Waals surface area (Å²) in [5.41, 5.74) is 2.21. The molecule has 0 bridgehead atoms. The molecule has 5 rings (SSSR count). The third-order valence-corrected chi connectivity index (χ3v) is 12.3. The van der Waals surface area contributed by atoms with Crippen molar-refractivity contribution >= 4 is 0 Å². The van der Waals surface area contributed by atoms with Gasteiger partial charge in [-0.1, -0.05) is 128 Å². The van der Waals surface area contributed by atoms with E-state index in [1.54, 1.807) is 5.57 Å². The first-order valence-corrected chi connectivity index (χ1v) is 11.5. The zero-order chi connectivity index (χ0) is 21.1. The minimum atomic E-state index is 0.0262. The highest BCUT2D eigenvalue weighted by atomic mass is 14.9. The van der Waals surface area contributed by atoms with E-state index >= 15 is 0 Å². The Morgan fingerprint density at radius 3 is 1.72 bits per heavy atom. The first kappa shape index (κ1) is 19.4. The van der Waals surface area contributed by atoms with Crippen molar-refractivity contribution in [1.29, 1.82) is 0 Å². The van der Waals surface area contributed by atoms with E-state index in [2.05, 4.69) is 122 Å². The molecule has 0 aromatic heterocycles. The van der Waals surface area contributed by atoms with E-state index in [4.69, 9.17) is 0 Å². The molecule has 5 aliphatic rings. The zero-order valence-corrected chi connectivity index (χ0v) is 19.6. The van der Waals surface area contributed by atoms with Crippen molar-refractivity contribution in [1.82, 2.24) is 0 Å². The van der Waals surface area contributed by atoms with Crippen LogP contribution in [0, 0.1) is 43.8 Å². The minimum absolute atomic E-state index is 0.0262. The van der Waals surface area contributed by atoms with Crippen LogP contribution in [0.3, 0.4) is 0 Å². The van der Waals surface area contributed by atoms with Crippen LogP contribution in [0.25, 0.3) is 0 Å². The second-order valence-corrected chi connectivity index (χ2v) is 11.9. The van der Waals surface area contributed by atoms with Crippen LogP contribution >= 0.6 is 0 Å². The fraction of sp³-hybridized carbons (Fsp3) is 0.586. The largest absolute Gasteiger partial charge is 0.0808 e. The van der Waals surface area contributed by atoms with Crippen LogP contribution in [0.15, 0.2) is 72.4 Å². The summed E-state index contributed by atoms with van der Waals surface area (Å²) in [5.74, 6) is 0.533. The summed E-state index contributed by atoms with van der Waals surface area (Å²) in [6.45, 7) is 20.6. The van der Waals surface area contributed by atoms with Gasteiger partial charge in [-0.25, -0.2) is 0 Å². The number of hydrogen-bond donors (Lipinski definition) is 0. The lowest BCUT2D eigenvalue weighted by Gasteiger charge is -2.79. The van der Waals surface area contributed by atoms with E-state index < -0.39 is 0 Å². The van der Waals surface area contributed by atoms with Crippen molar-refractivity contribution in [2.45, 2.75) is 61.8 Å². The third kappa shape index (κ3) is 1.50. The molecule has 0 amide bonds. The van der Waals surface area contributed by atoms with Gasteiger partial charge in [-0.3, -0.25) is 0 Å². The molecule has 0 heterocycles. The molecule has 154 valence electrons. The van der Waals surface area contributed by atoms with Gasteiger partial charge < -0.3 is 0 Å². The Hall–Kier alpha value is -1.56. The highest BCUT2D eigenvalue weighted by molar-refractivity contribution is 5.51. The molecule has 0 aliphatic heterocycles. The smallest absolute Gasteiger partial charge is 0.00475 e. The summed E-state index contributed by atoms with van der Waals surface area (Å²) in [7, 11) is 0. The summed E-state index contributed by atoms with van der Waals surface area (Å²) in [6, 6.07) is 0. The second-order valence-electron chi connectivity index (χ2n) is 11.9. The number of allylic oxidation sites excluding steroid dienone is 12. The first-order chi connectivity index (χ1) is 13.4. The maximum atomic E-state index is 2.66. The summed E-state index contributed by atoms with van der Waals surface area (Å²) in [4.78, 5) is 0. The van der Waals surface area contributed by atoms with Gasteiger partial charge in [-0.15, -0.1) is 0 Å². The molecule has 0 radical (unpaired) electrons. The Balaban J connectivity index is 1.95. The molecule has 2 fully saturated rings. The predicted molar refractivity (Wildman–Crippen MR) is 124 cm³/mol. The van der Waals surface area contributed by atoms with Gasteiger partial charge in [-0.2, -0.15) is 0 Å². The Labute approximate surface area is 178 Å². The molecule has 0 aromatic carbocycles. The summed E-state index contributed by atoms with van der Waals surface area (Å²) < 4.78 is 0. The average molecular weight is 387 g/mol. The summed E-state index contributed by atoms with van der Waals surface area (Å²) >= 11 is 0. The third-order valence-electron chi connectivity index (χ3n) is 12.3. The molecular weight excluding hydrogens is 348 g/mol. The summed E-state index contributed by atoms with van der Waals surface area (Å²) in [5, 5.41) is 0. The van der Waals surface area contributed by atoms with Gasteiger partial charge in [0.05, 0.1) is 0 Å². The van der Waals surface area contributed by atoms with E-state index in [0.717, 1.165) is 0 Å². The molecule has 0 N–H and O–H groups in total. The van der Waals surface area contributed by atoms with E-state index in [1.807, 2.05) is 0 Å². The Morgan fingerprint density at radius 2 is 1.14 bits per heavy atom. The molecule has 0 nitrogen and oxygen atoms in total. The molecule has 8 atom stereocenters. The van der Waals surface area contributed by atoms with Gasteiger partial charge in [-0.05, 0) is 23.2 Å². The van der Waals surface area contributed by atoms with Crippen molar-refractivity contribution < 1.29 is 0 Å². The molecule has 0 saturated heterocycles. The van der Waals surface area contributed by atoms with E-state index in [0.29, 0.717) is 5.92 Å². The van der Waals surface area contributed by atoms with Gasteiger partial charge in [0.1, 0.15) is 0 Å². The lowest BCUT2D eigenvalue weighted by atomic mass is 9.23. The van der Waals surface area contributed by atoms with Gasteiger partial charge in [0.15, 0.2) is 0 Å². The van der Waals surface area contributed by atoms with E-state index in [9.17, 15) is 0 Å². The fourth-order valence-electron chi connectivity index (χ4n) is 9.51. The van der Waals surface area contributed by atoms with Crippen LogP contribution in [0.4, 0.5) is 0 Å². The van der Waals surface area contributed by atoms with Crippen molar-refractivity contribution in [3.05, 3.63) is 72.4 Å². The summed E-state index contributed by atoms with van der Waals surface area (Å²) in [6.07, 6.45) is 27.9. The predicted octanol–water partition coefficient (Wildman–Crippen LogP) is 7.83. The van der Waals surface area contributed by atoms with Crippen LogP contribution in [0.2, 0.25) is 0 Å². The molecular formula is C29H38. The van der Waals surface area contributed by atoms with Crippen molar-refractivity contribution in [2.24, 2.45) is 43.8 Å². The van der Waals surface area contributed by atoms with Gasteiger partial charge in [0, 0.05) is 27.1 Å². The van der Waals surface area contributed by atoms with Crippen LogP contribution in [0.1, 0.15) is 61.8 Å². The second kappa shape index (κ2) is 5.01. The maximum absolute atomic E-state index is 2.66. The SMILES string of the molecule is CC1C=CC=C2CC3(C)C4(C)C=CC=CC4(C)C4(C)C=CC=CC4(C)C3(C)C21C. The Morgan fingerprint density at radius 1 is 0.655 bits per heavy atom. The number of hydrogen-bond acceptors (Lipinski definition) is 0. The molecule has 0 aromatic rings. The lowest BCUT2D eigenvalue weighted by Crippen LogP contribution is -2.75. The molecule has 2 saturated carbocycles. The van der Waals surface area contributed by atoms with E-state index in [-0.39, 0.29) is 37.9 Å². The fourth-order valence-corrected chi connectivity index (χ4v) is 9.51. The monoisotopic (exact) mass is 386 g/mol. The zero-order valence-electron chi connectivity index (χ0n) is 19.6. The topological polar surface area (TPSA) is 0 Å². The van der Waals surface area contributed by atoms with Crippen LogP contribution in [-0.4, -0.2) is 0 Å². The maximum Gasteiger partial charge on any atom is 0.00475 e. The van der Waals surface area contributed by atoms with Gasteiger partial charge in [0.2, 0.25) is 0 Å². The Kier molecular flexibility index (Phi) is 3.35. The van der Waals surface area contributed by atoms with Crippen LogP contribution < -0.4 is 0 Å². The average Bonchev–Trinajstić information content (AvgIpc) is 2.87. The van der Waals surface area contributed by atoms with Crippen molar-refractivity contribution in [3.8, 4) is 0 Å². The van der Waals surface area contributed by atoms with Gasteiger partial charge >= 0.3 is 0 Å². The lowest BCUT2D eigenvalue weighted by molar-refractivity contribution is -0.271. The minimum Gasteiger partial charge on any atom is -0.0808 e. The molecule has 29 heavy (non-hydrogen) atoms. The normalized spacial score (nSPS) is 59.0. The van der Waals surface area contributed by atoms with Crippen LogP contribution in [-0.2, 0) is 0 Å².